The second-order valence-electron chi connectivity index (χ2n) is 6.31. The first kappa shape index (κ1) is 19.9. The normalized spacial score (nSPS) is 11.0. The van der Waals surface area contributed by atoms with E-state index in [0.717, 1.165) is 11.3 Å². The van der Waals surface area contributed by atoms with Crippen molar-refractivity contribution in [3.63, 3.8) is 0 Å². The zero-order valence-corrected chi connectivity index (χ0v) is 16.1. The molecule has 148 valence electrons. The fourth-order valence-corrected chi connectivity index (χ4v) is 2.52. The summed E-state index contributed by atoms with van der Waals surface area (Å²) < 4.78 is 10.9. The highest BCUT2D eigenvalue weighted by atomic mass is 16.5. The highest BCUT2D eigenvalue weighted by Gasteiger charge is 2.15. The van der Waals surface area contributed by atoms with E-state index in [1.807, 2.05) is 37.3 Å². The molecule has 0 spiro atoms. The number of nitrogens with one attached hydrogen (secondary N) is 2. The largest absolute Gasteiger partial charge is 0.492 e. The molecule has 0 aliphatic rings. The Morgan fingerprint density at radius 1 is 1.00 bits per heavy atom. The maximum Gasteiger partial charge on any atom is 0.268 e. The molecule has 6 heteroatoms. The molecule has 0 atom stereocenters. The molecule has 3 rings (SSSR count). The van der Waals surface area contributed by atoms with Gasteiger partial charge in [0, 0.05) is 11.6 Å². The van der Waals surface area contributed by atoms with Crippen molar-refractivity contribution in [3.05, 3.63) is 95.6 Å². The second-order valence-corrected chi connectivity index (χ2v) is 6.31. The summed E-state index contributed by atoms with van der Waals surface area (Å²) in [6.07, 6.45) is 2.98. The molecule has 0 aliphatic heterocycles. The molecule has 2 aromatic carbocycles. The van der Waals surface area contributed by atoms with Crippen LogP contribution >= 0.6 is 0 Å². The van der Waals surface area contributed by atoms with E-state index >= 15 is 0 Å². The minimum atomic E-state index is -0.432. The summed E-state index contributed by atoms with van der Waals surface area (Å²) in [5, 5.41) is 5.39. The number of rotatable bonds is 8. The molecular formula is C23H22N2O4. The van der Waals surface area contributed by atoms with Crippen LogP contribution in [0.15, 0.2) is 83.1 Å². The minimum Gasteiger partial charge on any atom is -0.492 e. The van der Waals surface area contributed by atoms with Gasteiger partial charge < -0.3 is 19.8 Å². The lowest BCUT2D eigenvalue weighted by Gasteiger charge is -2.11. The maximum absolute atomic E-state index is 12.6. The maximum atomic E-state index is 12.6. The number of hydrogen-bond acceptors (Lipinski definition) is 4. The number of hydrogen-bond donors (Lipinski definition) is 2. The fourth-order valence-electron chi connectivity index (χ4n) is 2.52. The van der Waals surface area contributed by atoms with Crippen molar-refractivity contribution in [1.82, 2.24) is 10.6 Å². The number of ether oxygens (including phenoxy) is 1. The number of furan rings is 1. The third kappa shape index (κ3) is 6.10. The van der Waals surface area contributed by atoms with Crippen LogP contribution in [0.5, 0.6) is 5.75 Å². The van der Waals surface area contributed by atoms with E-state index in [0.29, 0.717) is 17.9 Å². The molecule has 0 radical (unpaired) electrons. The summed E-state index contributed by atoms with van der Waals surface area (Å²) in [5.41, 5.74) is 1.69. The summed E-state index contributed by atoms with van der Waals surface area (Å²) in [5.74, 6) is 0.376. The first-order valence-electron chi connectivity index (χ1n) is 9.21. The Bertz CT molecular complexity index is 962. The molecule has 0 aliphatic carbocycles. The van der Waals surface area contributed by atoms with Crippen LogP contribution in [-0.2, 0) is 4.79 Å². The van der Waals surface area contributed by atoms with Crippen LogP contribution in [0.4, 0.5) is 0 Å². The number of benzene rings is 2. The van der Waals surface area contributed by atoms with Crippen LogP contribution in [0.2, 0.25) is 0 Å². The fraction of sp³-hybridized carbons (Fsp3) is 0.130. The molecule has 0 unspecified atom stereocenters. The van der Waals surface area contributed by atoms with E-state index < -0.39 is 5.91 Å². The predicted octanol–water partition coefficient (Wildman–Crippen LogP) is 3.55. The average molecular weight is 390 g/mol. The average Bonchev–Trinajstić information content (AvgIpc) is 3.25. The Labute approximate surface area is 169 Å². The lowest BCUT2D eigenvalue weighted by Crippen LogP contribution is -2.36. The smallest absolute Gasteiger partial charge is 0.268 e. The molecule has 2 N–H and O–H groups in total. The van der Waals surface area contributed by atoms with Crippen LogP contribution in [0.25, 0.3) is 6.08 Å². The molecule has 0 bridgehead atoms. The summed E-state index contributed by atoms with van der Waals surface area (Å²) in [6, 6.07) is 19.7. The van der Waals surface area contributed by atoms with E-state index in [1.165, 1.54) is 12.3 Å². The van der Waals surface area contributed by atoms with Gasteiger partial charge >= 0.3 is 0 Å². The van der Waals surface area contributed by atoms with Crippen LogP contribution in [-0.4, -0.2) is 25.0 Å². The van der Waals surface area contributed by atoms with Crippen molar-refractivity contribution in [3.8, 4) is 5.75 Å². The van der Waals surface area contributed by atoms with Gasteiger partial charge in [0.25, 0.3) is 11.8 Å². The molecule has 0 saturated heterocycles. The van der Waals surface area contributed by atoms with Gasteiger partial charge in [-0.15, -0.1) is 0 Å². The summed E-state index contributed by atoms with van der Waals surface area (Å²) in [4.78, 5) is 25.0. The zero-order valence-electron chi connectivity index (χ0n) is 16.1. The zero-order chi connectivity index (χ0) is 20.5. The van der Waals surface area contributed by atoms with Gasteiger partial charge in [0.05, 0.1) is 12.8 Å². The van der Waals surface area contributed by atoms with Gasteiger partial charge in [-0.2, -0.15) is 0 Å². The first-order chi connectivity index (χ1) is 14.1. The van der Waals surface area contributed by atoms with Gasteiger partial charge in [-0.25, -0.2) is 0 Å². The van der Waals surface area contributed by atoms with Gasteiger partial charge in [-0.05, 0) is 43.3 Å². The minimum absolute atomic E-state index is 0.0872. The van der Waals surface area contributed by atoms with Crippen LogP contribution in [0.1, 0.15) is 21.7 Å². The van der Waals surface area contributed by atoms with E-state index in [2.05, 4.69) is 10.6 Å². The summed E-state index contributed by atoms with van der Waals surface area (Å²) in [6.45, 7) is 2.58. The molecule has 0 fully saturated rings. The number of carbonyl (C=O) groups excluding carboxylic acids is 2. The Morgan fingerprint density at radius 2 is 1.76 bits per heavy atom. The van der Waals surface area contributed by atoms with Gasteiger partial charge in [0.1, 0.15) is 23.8 Å². The lowest BCUT2D eigenvalue weighted by atomic mass is 10.2. The van der Waals surface area contributed by atoms with Crippen molar-refractivity contribution in [2.24, 2.45) is 0 Å². The quantitative estimate of drug-likeness (QED) is 0.455. The van der Waals surface area contributed by atoms with E-state index in [4.69, 9.17) is 9.15 Å². The monoisotopic (exact) mass is 390 g/mol. The molecule has 2 amide bonds. The summed E-state index contributed by atoms with van der Waals surface area (Å²) >= 11 is 0. The Hall–Kier alpha value is -3.80. The molecule has 3 aromatic rings. The second kappa shape index (κ2) is 9.94. The third-order valence-corrected chi connectivity index (χ3v) is 4.04. The molecular weight excluding hydrogens is 368 g/mol. The van der Waals surface area contributed by atoms with Crippen molar-refractivity contribution >= 4 is 17.9 Å². The number of amides is 2. The predicted molar refractivity (Wildman–Crippen MR) is 110 cm³/mol. The number of aryl methyl sites for hydroxylation is 1. The molecule has 1 aromatic heterocycles. The molecule has 29 heavy (non-hydrogen) atoms. The highest BCUT2D eigenvalue weighted by molar-refractivity contribution is 6.05. The third-order valence-electron chi connectivity index (χ3n) is 4.04. The van der Waals surface area contributed by atoms with Gasteiger partial charge in [0.15, 0.2) is 0 Å². The number of carbonyl (C=O) groups is 2. The first-order valence-corrected chi connectivity index (χ1v) is 9.21. The van der Waals surface area contributed by atoms with Crippen molar-refractivity contribution in [1.29, 1.82) is 0 Å². The van der Waals surface area contributed by atoms with E-state index in [9.17, 15) is 9.59 Å². The Kier molecular flexibility index (Phi) is 6.84. The van der Waals surface area contributed by atoms with Crippen LogP contribution in [0.3, 0.4) is 0 Å². The molecule has 6 nitrogen and oxygen atoms in total. The Morgan fingerprint density at radius 3 is 2.45 bits per heavy atom. The Balaban J connectivity index is 1.60. The lowest BCUT2D eigenvalue weighted by molar-refractivity contribution is -0.117. The highest BCUT2D eigenvalue weighted by Crippen LogP contribution is 2.11. The van der Waals surface area contributed by atoms with Crippen LogP contribution in [0, 0.1) is 6.92 Å². The van der Waals surface area contributed by atoms with Gasteiger partial charge in [0.2, 0.25) is 0 Å². The molecule has 0 saturated carbocycles. The topological polar surface area (TPSA) is 80.6 Å². The SMILES string of the molecule is Cc1ccc(OCCNC(=O)/C(=C/c2ccco2)NC(=O)c2ccccc2)cc1. The van der Waals surface area contributed by atoms with Gasteiger partial charge in [-0.3, -0.25) is 9.59 Å². The van der Waals surface area contributed by atoms with Gasteiger partial charge in [-0.1, -0.05) is 35.9 Å². The van der Waals surface area contributed by atoms with Crippen molar-refractivity contribution < 1.29 is 18.7 Å². The van der Waals surface area contributed by atoms with Crippen molar-refractivity contribution in [2.75, 3.05) is 13.2 Å². The van der Waals surface area contributed by atoms with Crippen molar-refractivity contribution in [2.45, 2.75) is 6.92 Å². The standard InChI is InChI=1S/C23H22N2O4/c1-17-9-11-19(12-10-17)29-15-13-24-23(27)21(16-20-8-5-14-28-20)25-22(26)18-6-3-2-4-7-18/h2-12,14,16H,13,15H2,1H3,(H,24,27)(H,25,26)/b21-16-. The van der Waals surface area contributed by atoms with E-state index in [-0.39, 0.29) is 18.1 Å². The van der Waals surface area contributed by atoms with Crippen LogP contribution < -0.4 is 15.4 Å². The molecule has 1 heterocycles. The van der Waals surface area contributed by atoms with E-state index in [1.54, 1.807) is 36.4 Å². The summed E-state index contributed by atoms with van der Waals surface area (Å²) in [7, 11) is 0.